The Hall–Kier alpha value is -2.57. The first-order valence-electron chi connectivity index (χ1n) is 8.97. The minimum atomic E-state index is -3.61. The predicted molar refractivity (Wildman–Crippen MR) is 107 cm³/mol. The van der Waals surface area contributed by atoms with Gasteiger partial charge in [-0.05, 0) is 41.1 Å². The summed E-state index contributed by atoms with van der Waals surface area (Å²) in [5.41, 5.74) is 0.820. The molecule has 1 aliphatic rings. The average Bonchev–Trinajstić information content (AvgIpc) is 2.73. The fourth-order valence-electron chi connectivity index (χ4n) is 3.46. The molecule has 0 amide bonds. The largest absolute Gasteiger partial charge is 0.495 e. The van der Waals surface area contributed by atoms with Crippen molar-refractivity contribution in [2.45, 2.75) is 9.79 Å². The summed E-state index contributed by atoms with van der Waals surface area (Å²) in [6.07, 6.45) is 0. The number of anilines is 1. The first kappa shape index (κ1) is 17.8. The Kier molecular flexibility index (Phi) is 4.76. The lowest BCUT2D eigenvalue weighted by atomic mass is 10.1. The Morgan fingerprint density at radius 2 is 1.56 bits per heavy atom. The Morgan fingerprint density at radius 1 is 0.889 bits per heavy atom. The molecule has 1 N–H and O–H groups in total. The second-order valence-electron chi connectivity index (χ2n) is 6.58. The minimum absolute atomic E-state index is 0.284. The molecule has 0 atom stereocenters. The predicted octanol–water partition coefficient (Wildman–Crippen LogP) is 3.09. The Bertz CT molecular complexity index is 1070. The number of nitrogens with one attached hydrogen (secondary N) is 1. The first-order valence-corrected chi connectivity index (χ1v) is 10.5. The summed E-state index contributed by atoms with van der Waals surface area (Å²) in [6, 6.07) is 18.1. The third-order valence-electron chi connectivity index (χ3n) is 4.95. The van der Waals surface area contributed by atoms with Gasteiger partial charge in [-0.2, -0.15) is 0 Å². The molecule has 0 bridgehead atoms. The molecule has 0 radical (unpaired) electrons. The molecule has 3 aromatic rings. The van der Waals surface area contributed by atoms with Gasteiger partial charge < -0.3 is 15.0 Å². The highest BCUT2D eigenvalue weighted by atomic mass is 32.2. The van der Waals surface area contributed by atoms with Crippen LogP contribution in [-0.2, 0) is 9.84 Å². The third-order valence-corrected chi connectivity index (χ3v) is 6.70. The van der Waals surface area contributed by atoms with E-state index in [0.29, 0.717) is 10.6 Å². The van der Waals surface area contributed by atoms with Crippen molar-refractivity contribution >= 4 is 26.3 Å². The van der Waals surface area contributed by atoms with Gasteiger partial charge in [-0.15, -0.1) is 0 Å². The zero-order valence-corrected chi connectivity index (χ0v) is 16.0. The van der Waals surface area contributed by atoms with Crippen LogP contribution in [0, 0.1) is 0 Å². The minimum Gasteiger partial charge on any atom is -0.495 e. The lowest BCUT2D eigenvalue weighted by Gasteiger charge is -2.30. The van der Waals surface area contributed by atoms with Crippen LogP contribution >= 0.6 is 0 Å². The maximum Gasteiger partial charge on any atom is 0.206 e. The van der Waals surface area contributed by atoms with Gasteiger partial charge in [0.15, 0.2) is 0 Å². The van der Waals surface area contributed by atoms with E-state index in [1.807, 2.05) is 30.3 Å². The van der Waals surface area contributed by atoms with E-state index < -0.39 is 9.84 Å². The molecule has 0 aliphatic carbocycles. The molecule has 4 rings (SSSR count). The number of rotatable bonds is 4. The molecule has 1 aliphatic heterocycles. The second kappa shape index (κ2) is 7.21. The van der Waals surface area contributed by atoms with E-state index in [9.17, 15) is 8.42 Å². The normalized spacial score (nSPS) is 15.1. The molecule has 1 fully saturated rings. The van der Waals surface area contributed by atoms with Crippen LogP contribution in [0.3, 0.4) is 0 Å². The number of ether oxygens (including phenoxy) is 1. The molecule has 1 heterocycles. The van der Waals surface area contributed by atoms with Crippen molar-refractivity contribution in [3.63, 3.8) is 0 Å². The van der Waals surface area contributed by atoms with Crippen LogP contribution < -0.4 is 15.0 Å². The van der Waals surface area contributed by atoms with Crippen LogP contribution in [0.25, 0.3) is 10.8 Å². The van der Waals surface area contributed by atoms with Crippen molar-refractivity contribution < 1.29 is 13.2 Å². The Labute approximate surface area is 159 Å². The second-order valence-corrected chi connectivity index (χ2v) is 8.53. The summed E-state index contributed by atoms with van der Waals surface area (Å²) in [5.74, 6) is 0.689. The zero-order valence-electron chi connectivity index (χ0n) is 15.2. The SMILES string of the molecule is COc1ccc(S(=O)(=O)c2ccc3ccccc3c2)cc1N1CCNCC1. The molecule has 27 heavy (non-hydrogen) atoms. The van der Waals surface area contributed by atoms with Crippen molar-refractivity contribution in [1.82, 2.24) is 5.32 Å². The van der Waals surface area contributed by atoms with Crippen molar-refractivity contribution in [3.05, 3.63) is 60.7 Å². The summed E-state index contributed by atoms with van der Waals surface area (Å²) in [5, 5.41) is 5.24. The Balaban J connectivity index is 1.78. The maximum atomic E-state index is 13.2. The van der Waals surface area contributed by atoms with Gasteiger partial charge in [0.05, 0.1) is 22.6 Å². The highest BCUT2D eigenvalue weighted by Gasteiger charge is 2.22. The number of hydrogen-bond acceptors (Lipinski definition) is 5. The van der Waals surface area contributed by atoms with E-state index in [4.69, 9.17) is 4.74 Å². The number of nitrogens with zero attached hydrogens (tertiary/aromatic N) is 1. The van der Waals surface area contributed by atoms with Crippen LogP contribution in [0.4, 0.5) is 5.69 Å². The fourth-order valence-corrected chi connectivity index (χ4v) is 4.78. The highest BCUT2D eigenvalue weighted by molar-refractivity contribution is 7.91. The molecule has 6 heteroatoms. The number of hydrogen-bond donors (Lipinski definition) is 1. The van der Waals surface area contributed by atoms with Crippen LogP contribution in [0.15, 0.2) is 70.5 Å². The number of sulfone groups is 1. The van der Waals surface area contributed by atoms with E-state index in [1.54, 1.807) is 37.4 Å². The molecular formula is C21H22N2O3S. The maximum absolute atomic E-state index is 13.2. The van der Waals surface area contributed by atoms with Gasteiger partial charge in [-0.3, -0.25) is 0 Å². The van der Waals surface area contributed by atoms with Crippen molar-refractivity contribution in [1.29, 1.82) is 0 Å². The lowest BCUT2D eigenvalue weighted by molar-refractivity contribution is 0.412. The number of methoxy groups -OCH3 is 1. The molecule has 5 nitrogen and oxygen atoms in total. The summed E-state index contributed by atoms with van der Waals surface area (Å²) < 4.78 is 32.0. The molecule has 0 aromatic heterocycles. The molecule has 0 unspecified atom stereocenters. The van der Waals surface area contributed by atoms with Crippen molar-refractivity contribution in [3.8, 4) is 5.75 Å². The molecule has 140 valence electrons. The van der Waals surface area contributed by atoms with Crippen LogP contribution in [0.1, 0.15) is 0 Å². The third kappa shape index (κ3) is 3.38. The molecule has 0 saturated carbocycles. The van der Waals surface area contributed by atoms with E-state index in [-0.39, 0.29) is 4.90 Å². The molecular weight excluding hydrogens is 360 g/mol. The van der Waals surface area contributed by atoms with Gasteiger partial charge in [0, 0.05) is 26.2 Å². The van der Waals surface area contributed by atoms with Gasteiger partial charge in [-0.25, -0.2) is 8.42 Å². The zero-order chi connectivity index (χ0) is 18.9. The van der Waals surface area contributed by atoms with Gasteiger partial charge in [0.1, 0.15) is 5.75 Å². The van der Waals surface area contributed by atoms with Crippen molar-refractivity contribution in [2.75, 3.05) is 38.2 Å². The van der Waals surface area contributed by atoms with Crippen LogP contribution in [0.2, 0.25) is 0 Å². The lowest BCUT2D eigenvalue weighted by Crippen LogP contribution is -2.43. The quantitative estimate of drug-likeness (QED) is 0.751. The number of fused-ring (bicyclic) bond motifs is 1. The standard InChI is InChI=1S/C21H22N2O3S/c1-26-21-9-8-19(15-20(21)23-12-10-22-11-13-23)27(24,25)18-7-6-16-4-2-3-5-17(16)14-18/h2-9,14-15,22H,10-13H2,1H3. The molecule has 3 aromatic carbocycles. The van der Waals surface area contributed by atoms with E-state index in [1.165, 1.54) is 0 Å². The molecule has 1 saturated heterocycles. The molecule has 0 spiro atoms. The van der Waals surface area contributed by atoms with Crippen LogP contribution in [0.5, 0.6) is 5.75 Å². The monoisotopic (exact) mass is 382 g/mol. The smallest absolute Gasteiger partial charge is 0.206 e. The summed E-state index contributed by atoms with van der Waals surface area (Å²) in [7, 11) is -2.00. The summed E-state index contributed by atoms with van der Waals surface area (Å²) >= 11 is 0. The van der Waals surface area contributed by atoms with Crippen LogP contribution in [-0.4, -0.2) is 41.7 Å². The topological polar surface area (TPSA) is 58.6 Å². The first-order chi connectivity index (χ1) is 13.1. The van der Waals surface area contributed by atoms with E-state index in [0.717, 1.165) is 42.6 Å². The fraction of sp³-hybridized carbons (Fsp3) is 0.238. The summed E-state index contributed by atoms with van der Waals surface area (Å²) in [6.45, 7) is 3.36. The van der Waals surface area contributed by atoms with Gasteiger partial charge in [-0.1, -0.05) is 30.3 Å². The summed E-state index contributed by atoms with van der Waals surface area (Å²) in [4.78, 5) is 2.75. The number of benzene rings is 3. The van der Waals surface area contributed by atoms with E-state index >= 15 is 0 Å². The van der Waals surface area contributed by atoms with Crippen molar-refractivity contribution in [2.24, 2.45) is 0 Å². The highest BCUT2D eigenvalue weighted by Crippen LogP contribution is 2.33. The average molecular weight is 382 g/mol. The van der Waals surface area contributed by atoms with Gasteiger partial charge in [0.25, 0.3) is 0 Å². The van der Waals surface area contributed by atoms with E-state index in [2.05, 4.69) is 10.2 Å². The Morgan fingerprint density at radius 3 is 2.30 bits per heavy atom. The number of piperazine rings is 1. The van der Waals surface area contributed by atoms with Gasteiger partial charge in [0.2, 0.25) is 9.84 Å². The van der Waals surface area contributed by atoms with Gasteiger partial charge >= 0.3 is 0 Å².